The Balaban J connectivity index is 1.51. The summed E-state index contributed by atoms with van der Waals surface area (Å²) in [5.74, 6) is 1.52. The molecule has 0 unspecified atom stereocenters. The highest BCUT2D eigenvalue weighted by molar-refractivity contribution is 5.77. The van der Waals surface area contributed by atoms with Crippen LogP contribution in [0.15, 0.2) is 18.2 Å². The van der Waals surface area contributed by atoms with Crippen LogP contribution in [0.4, 0.5) is 0 Å². The number of benzene rings is 1. The van der Waals surface area contributed by atoms with Gasteiger partial charge in [-0.2, -0.15) is 0 Å². The number of ether oxygens (including phenoxy) is 2. The zero-order valence-electron chi connectivity index (χ0n) is 12.2. The predicted molar refractivity (Wildman–Crippen MR) is 79.0 cm³/mol. The summed E-state index contributed by atoms with van der Waals surface area (Å²) < 4.78 is 10.6. The van der Waals surface area contributed by atoms with Crippen LogP contribution in [0.1, 0.15) is 44.1 Å². The van der Waals surface area contributed by atoms with Gasteiger partial charge in [-0.05, 0) is 30.5 Å². The monoisotopic (exact) mass is 290 g/mol. The van der Waals surface area contributed by atoms with Crippen LogP contribution in [0, 0.1) is 0 Å². The smallest absolute Gasteiger partial charge is 0.231 e. The Labute approximate surface area is 124 Å². The number of carbonyl (C=O) groups excluding carboxylic acids is 1. The van der Waals surface area contributed by atoms with Gasteiger partial charge in [0.1, 0.15) is 0 Å². The molecular formula is C16H22N2O3. The molecule has 1 amide bonds. The van der Waals surface area contributed by atoms with E-state index in [0.717, 1.165) is 42.7 Å². The molecule has 1 aromatic carbocycles. The lowest BCUT2D eigenvalue weighted by Gasteiger charge is -2.32. The van der Waals surface area contributed by atoms with Crippen LogP contribution >= 0.6 is 0 Å². The Kier molecular flexibility index (Phi) is 4.01. The summed E-state index contributed by atoms with van der Waals surface area (Å²) in [6, 6.07) is 5.71. The molecule has 114 valence electrons. The minimum atomic E-state index is -0.308. The summed E-state index contributed by atoms with van der Waals surface area (Å²) in [6.07, 6.45) is 5.81. The summed E-state index contributed by atoms with van der Waals surface area (Å²) in [4.78, 5) is 12.1. The molecule has 0 atom stereocenters. The second kappa shape index (κ2) is 5.93. The highest BCUT2D eigenvalue weighted by Crippen LogP contribution is 2.32. The first-order valence-corrected chi connectivity index (χ1v) is 7.59. The summed E-state index contributed by atoms with van der Waals surface area (Å²) in [6.45, 7) is 0.756. The molecule has 0 aromatic heterocycles. The molecule has 0 saturated heterocycles. The standard InChI is InChI=1S/C16H22N2O3/c17-16(6-2-1-3-7-16)9-15(19)18-10-12-4-5-13-14(8-12)21-11-20-13/h4-5,8H,1-3,6-7,9-11,17H2,(H,18,19). The topological polar surface area (TPSA) is 73.6 Å². The van der Waals surface area contributed by atoms with Gasteiger partial charge in [0, 0.05) is 18.5 Å². The Hall–Kier alpha value is -1.75. The first kappa shape index (κ1) is 14.2. The summed E-state index contributed by atoms with van der Waals surface area (Å²) >= 11 is 0. The van der Waals surface area contributed by atoms with Crippen molar-refractivity contribution in [3.63, 3.8) is 0 Å². The minimum Gasteiger partial charge on any atom is -0.454 e. The molecule has 3 rings (SSSR count). The normalized spacial score (nSPS) is 19.3. The van der Waals surface area contributed by atoms with Crippen molar-refractivity contribution in [3.8, 4) is 11.5 Å². The quantitative estimate of drug-likeness (QED) is 0.890. The van der Waals surface area contributed by atoms with Gasteiger partial charge in [0.2, 0.25) is 12.7 Å². The maximum absolute atomic E-state index is 12.1. The van der Waals surface area contributed by atoms with Crippen molar-refractivity contribution in [2.75, 3.05) is 6.79 Å². The van der Waals surface area contributed by atoms with Gasteiger partial charge in [-0.3, -0.25) is 4.79 Å². The average molecular weight is 290 g/mol. The van der Waals surface area contributed by atoms with Crippen molar-refractivity contribution in [1.29, 1.82) is 0 Å². The second-order valence-electron chi connectivity index (χ2n) is 6.06. The number of hydrogen-bond donors (Lipinski definition) is 2. The Bertz CT molecular complexity index is 524. The number of nitrogens with two attached hydrogens (primary N) is 1. The van der Waals surface area contributed by atoms with Crippen LogP contribution in [0.5, 0.6) is 11.5 Å². The highest BCUT2D eigenvalue weighted by atomic mass is 16.7. The zero-order chi connectivity index (χ0) is 14.7. The molecule has 0 radical (unpaired) electrons. The number of carbonyl (C=O) groups is 1. The molecule has 1 fully saturated rings. The Morgan fingerprint density at radius 1 is 1.19 bits per heavy atom. The summed E-state index contributed by atoms with van der Waals surface area (Å²) in [5.41, 5.74) is 7.00. The molecule has 5 heteroatoms. The van der Waals surface area contributed by atoms with Crippen molar-refractivity contribution < 1.29 is 14.3 Å². The summed E-state index contributed by atoms with van der Waals surface area (Å²) in [7, 11) is 0. The second-order valence-corrected chi connectivity index (χ2v) is 6.06. The van der Waals surface area contributed by atoms with E-state index in [0.29, 0.717) is 13.0 Å². The van der Waals surface area contributed by atoms with Crippen LogP contribution in [0.25, 0.3) is 0 Å². The van der Waals surface area contributed by atoms with Gasteiger partial charge in [0.05, 0.1) is 0 Å². The number of fused-ring (bicyclic) bond motifs is 1. The molecule has 1 aromatic rings. The van der Waals surface area contributed by atoms with Gasteiger partial charge < -0.3 is 20.5 Å². The number of rotatable bonds is 4. The van der Waals surface area contributed by atoms with Gasteiger partial charge in [-0.15, -0.1) is 0 Å². The van der Waals surface area contributed by atoms with Crippen LogP contribution in [0.2, 0.25) is 0 Å². The van der Waals surface area contributed by atoms with Gasteiger partial charge in [0.25, 0.3) is 0 Å². The van der Waals surface area contributed by atoms with Gasteiger partial charge in [-0.25, -0.2) is 0 Å². The van der Waals surface area contributed by atoms with E-state index in [4.69, 9.17) is 15.2 Å². The number of hydrogen-bond acceptors (Lipinski definition) is 4. The molecule has 1 saturated carbocycles. The zero-order valence-corrected chi connectivity index (χ0v) is 12.2. The lowest BCUT2D eigenvalue weighted by molar-refractivity contribution is -0.122. The minimum absolute atomic E-state index is 0.0251. The van der Waals surface area contributed by atoms with Crippen molar-refractivity contribution in [3.05, 3.63) is 23.8 Å². The molecule has 21 heavy (non-hydrogen) atoms. The fourth-order valence-corrected chi connectivity index (χ4v) is 3.07. The Morgan fingerprint density at radius 2 is 1.95 bits per heavy atom. The fourth-order valence-electron chi connectivity index (χ4n) is 3.07. The lowest BCUT2D eigenvalue weighted by Crippen LogP contribution is -2.45. The molecule has 0 spiro atoms. The molecule has 5 nitrogen and oxygen atoms in total. The molecule has 2 aliphatic rings. The molecule has 1 aliphatic carbocycles. The third-order valence-corrected chi connectivity index (χ3v) is 4.29. The largest absolute Gasteiger partial charge is 0.454 e. The maximum Gasteiger partial charge on any atom is 0.231 e. The van der Waals surface area contributed by atoms with E-state index in [1.54, 1.807) is 0 Å². The first-order valence-electron chi connectivity index (χ1n) is 7.59. The lowest BCUT2D eigenvalue weighted by atomic mass is 9.80. The SMILES string of the molecule is NC1(CC(=O)NCc2ccc3c(c2)OCO3)CCCCC1. The summed E-state index contributed by atoms with van der Waals surface area (Å²) in [5, 5.41) is 2.95. The van der Waals surface area contributed by atoms with E-state index in [2.05, 4.69) is 5.32 Å². The average Bonchev–Trinajstić information content (AvgIpc) is 2.93. The van der Waals surface area contributed by atoms with E-state index >= 15 is 0 Å². The molecule has 3 N–H and O–H groups in total. The number of nitrogens with one attached hydrogen (secondary N) is 1. The molecular weight excluding hydrogens is 268 g/mol. The first-order chi connectivity index (χ1) is 10.1. The van der Waals surface area contributed by atoms with E-state index < -0.39 is 0 Å². The van der Waals surface area contributed by atoms with Gasteiger partial charge >= 0.3 is 0 Å². The fraction of sp³-hybridized carbons (Fsp3) is 0.562. The van der Waals surface area contributed by atoms with E-state index in [9.17, 15) is 4.79 Å². The third kappa shape index (κ3) is 3.47. The number of amides is 1. The highest BCUT2D eigenvalue weighted by Gasteiger charge is 2.29. The van der Waals surface area contributed by atoms with Crippen molar-refractivity contribution in [2.24, 2.45) is 5.73 Å². The van der Waals surface area contributed by atoms with Gasteiger partial charge in [0.15, 0.2) is 11.5 Å². The molecule has 1 heterocycles. The van der Waals surface area contributed by atoms with Crippen LogP contribution < -0.4 is 20.5 Å². The van der Waals surface area contributed by atoms with E-state index in [1.807, 2.05) is 18.2 Å². The van der Waals surface area contributed by atoms with Crippen molar-refractivity contribution in [1.82, 2.24) is 5.32 Å². The van der Waals surface area contributed by atoms with Gasteiger partial charge in [-0.1, -0.05) is 25.3 Å². The van der Waals surface area contributed by atoms with E-state index in [-0.39, 0.29) is 18.2 Å². The maximum atomic E-state index is 12.1. The van der Waals surface area contributed by atoms with E-state index in [1.165, 1.54) is 6.42 Å². The predicted octanol–water partition coefficient (Wildman–Crippen LogP) is 2.08. The van der Waals surface area contributed by atoms with Crippen molar-refractivity contribution >= 4 is 5.91 Å². The Morgan fingerprint density at radius 3 is 2.76 bits per heavy atom. The van der Waals surface area contributed by atoms with Crippen LogP contribution in [0.3, 0.4) is 0 Å². The molecule has 0 bridgehead atoms. The van der Waals surface area contributed by atoms with Crippen LogP contribution in [-0.4, -0.2) is 18.2 Å². The van der Waals surface area contributed by atoms with Crippen molar-refractivity contribution in [2.45, 2.75) is 50.6 Å². The molecule has 1 aliphatic heterocycles. The van der Waals surface area contributed by atoms with Crippen LogP contribution in [-0.2, 0) is 11.3 Å². The third-order valence-electron chi connectivity index (χ3n) is 4.29.